The van der Waals surface area contributed by atoms with Gasteiger partial charge in [-0.2, -0.15) is 0 Å². The van der Waals surface area contributed by atoms with Gasteiger partial charge in [0.1, 0.15) is 18.2 Å². The van der Waals surface area contributed by atoms with Crippen molar-refractivity contribution in [3.8, 4) is 5.75 Å². The fourth-order valence-electron chi connectivity index (χ4n) is 8.14. The SMILES string of the molecule is CC1=C(/C=C(\C)C(C)(C)/C(C)=C/C=C(\C)C(C)(c2cccc(CN(CO)C3=CC=CCC=C3)c2)c2ccc3c(c2)CN(c2ccccc2)CO3)CN(c2ccccc2)CO1. The number of allylic oxidation sites excluding steroid dienone is 11. The molecule has 0 fully saturated rings. The highest BCUT2D eigenvalue weighted by Gasteiger charge is 2.33. The maximum atomic E-state index is 10.5. The molecule has 4 aromatic carbocycles. The van der Waals surface area contributed by atoms with Gasteiger partial charge in [0.25, 0.3) is 0 Å². The molecule has 1 atom stereocenters. The molecule has 0 spiro atoms. The lowest BCUT2D eigenvalue weighted by atomic mass is 9.70. The van der Waals surface area contributed by atoms with Gasteiger partial charge in [-0.15, -0.1) is 0 Å². The van der Waals surface area contributed by atoms with Crippen molar-refractivity contribution in [3.63, 3.8) is 0 Å². The fourth-order valence-corrected chi connectivity index (χ4v) is 8.14. The van der Waals surface area contributed by atoms with Gasteiger partial charge in [0, 0.05) is 58.7 Å². The Labute approximate surface area is 358 Å². The number of ether oxygens (including phenoxy) is 2. The molecule has 0 saturated carbocycles. The number of anilines is 2. The van der Waals surface area contributed by atoms with Gasteiger partial charge in [0.2, 0.25) is 0 Å². The Morgan fingerprint density at radius 1 is 0.733 bits per heavy atom. The van der Waals surface area contributed by atoms with E-state index >= 15 is 0 Å². The van der Waals surface area contributed by atoms with E-state index in [1.807, 2.05) is 4.90 Å². The maximum absolute atomic E-state index is 10.5. The number of nitrogens with zero attached hydrogens (tertiary/aromatic N) is 3. The number of aliphatic hydroxyl groups is 1. The molecule has 0 aromatic heterocycles. The van der Waals surface area contributed by atoms with Gasteiger partial charge in [-0.25, -0.2) is 0 Å². The van der Waals surface area contributed by atoms with Crippen LogP contribution in [-0.2, 0) is 23.2 Å². The first-order valence-corrected chi connectivity index (χ1v) is 21.2. The predicted molar refractivity (Wildman–Crippen MR) is 249 cm³/mol. The Hall–Kier alpha value is -5.98. The van der Waals surface area contributed by atoms with E-state index in [0.29, 0.717) is 20.0 Å². The quantitative estimate of drug-likeness (QED) is 0.107. The topological polar surface area (TPSA) is 48.4 Å². The largest absolute Gasteiger partial charge is 0.477 e. The van der Waals surface area contributed by atoms with E-state index in [0.717, 1.165) is 53.7 Å². The van der Waals surface area contributed by atoms with Gasteiger partial charge in [0.05, 0.1) is 0 Å². The van der Waals surface area contributed by atoms with Crippen molar-refractivity contribution in [2.24, 2.45) is 5.41 Å². The molecule has 6 nitrogen and oxygen atoms in total. The van der Waals surface area contributed by atoms with E-state index in [-0.39, 0.29) is 12.1 Å². The first kappa shape index (κ1) is 42.2. The monoisotopic (exact) mass is 799 g/mol. The van der Waals surface area contributed by atoms with E-state index in [1.165, 1.54) is 39.0 Å². The van der Waals surface area contributed by atoms with Crippen LogP contribution in [0.5, 0.6) is 5.75 Å². The van der Waals surface area contributed by atoms with Crippen LogP contribution in [0.4, 0.5) is 11.4 Å². The van der Waals surface area contributed by atoms with Crippen LogP contribution < -0.4 is 14.5 Å². The summed E-state index contributed by atoms with van der Waals surface area (Å²) >= 11 is 0. The number of benzene rings is 4. The summed E-state index contributed by atoms with van der Waals surface area (Å²) in [6.45, 7) is 18.9. The normalized spacial score (nSPS) is 17.3. The minimum Gasteiger partial charge on any atom is -0.477 e. The second kappa shape index (κ2) is 18.5. The number of hydrogen-bond acceptors (Lipinski definition) is 6. The van der Waals surface area contributed by atoms with Crippen LogP contribution in [-0.4, -0.2) is 36.7 Å². The molecule has 0 saturated heterocycles. The summed E-state index contributed by atoms with van der Waals surface area (Å²) in [5.74, 6) is 1.91. The van der Waals surface area contributed by atoms with Crippen LogP contribution in [0.1, 0.15) is 77.1 Å². The second-order valence-corrected chi connectivity index (χ2v) is 17.0. The van der Waals surface area contributed by atoms with Crippen molar-refractivity contribution in [1.29, 1.82) is 0 Å². The lowest BCUT2D eigenvalue weighted by molar-refractivity contribution is 0.137. The Bertz CT molecular complexity index is 2370. The second-order valence-electron chi connectivity index (χ2n) is 17.0. The van der Waals surface area contributed by atoms with Crippen LogP contribution in [0.15, 0.2) is 185 Å². The highest BCUT2D eigenvalue weighted by molar-refractivity contribution is 5.56. The highest BCUT2D eigenvalue weighted by Crippen LogP contribution is 2.43. The molecule has 3 aliphatic rings. The molecule has 1 unspecified atom stereocenters. The molecular formula is C54H61N3O3. The molecule has 2 heterocycles. The maximum Gasteiger partial charge on any atom is 0.161 e. The molecule has 0 bridgehead atoms. The van der Waals surface area contributed by atoms with Gasteiger partial charge in [0.15, 0.2) is 13.5 Å². The van der Waals surface area contributed by atoms with Gasteiger partial charge in [-0.3, -0.25) is 0 Å². The summed E-state index contributed by atoms with van der Waals surface area (Å²) < 4.78 is 12.5. The van der Waals surface area contributed by atoms with E-state index in [1.54, 1.807) is 0 Å². The van der Waals surface area contributed by atoms with Crippen molar-refractivity contribution in [1.82, 2.24) is 4.90 Å². The fraction of sp³-hybridized carbons (Fsp3) is 0.296. The molecular weight excluding hydrogens is 739 g/mol. The van der Waals surface area contributed by atoms with Crippen molar-refractivity contribution >= 4 is 11.4 Å². The number of aliphatic hydroxyl groups excluding tert-OH is 1. The van der Waals surface area contributed by atoms with E-state index < -0.39 is 5.41 Å². The first-order valence-electron chi connectivity index (χ1n) is 21.2. The molecule has 310 valence electrons. The van der Waals surface area contributed by atoms with Crippen LogP contribution in [0.25, 0.3) is 0 Å². The Balaban J connectivity index is 1.23. The molecule has 60 heavy (non-hydrogen) atoms. The molecule has 6 heteroatoms. The standard InChI is InChI=1S/C54H61N3O3/c1-40(53(5,6)42(3)31-45-35-56(38-59-43(45)4)50-23-14-10-15-24-50)27-28-41(2)54(7,47-20-18-19-44(32-47)34-55(37-58)49-21-12-8-9-13-22-49)48-29-30-52-46(33-48)36-57(39-60-52)51-25-16-11-17-26-51/h8,10-33,58H,9,34-39H2,1-7H3/b40-27+,41-28+,42-31+. The van der Waals surface area contributed by atoms with Crippen LogP contribution in [0.3, 0.4) is 0 Å². The molecule has 1 aliphatic carbocycles. The lowest BCUT2D eigenvalue weighted by Gasteiger charge is -2.36. The Morgan fingerprint density at radius 3 is 2.12 bits per heavy atom. The third-order valence-electron chi connectivity index (χ3n) is 13.0. The number of para-hydroxylation sites is 2. The molecule has 0 radical (unpaired) electrons. The summed E-state index contributed by atoms with van der Waals surface area (Å²) in [4.78, 5) is 6.57. The molecule has 7 rings (SSSR count). The van der Waals surface area contributed by atoms with Crippen molar-refractivity contribution in [3.05, 3.63) is 208 Å². The summed E-state index contributed by atoms with van der Waals surface area (Å²) in [6.07, 6.45) is 18.3. The zero-order valence-electron chi connectivity index (χ0n) is 36.5. The minimum absolute atomic E-state index is 0.0734. The first-order chi connectivity index (χ1) is 29.0. The average Bonchev–Trinajstić information content (AvgIpc) is 3.57. The zero-order valence-corrected chi connectivity index (χ0v) is 36.5. The minimum atomic E-state index is -0.484. The van der Waals surface area contributed by atoms with Crippen molar-refractivity contribution in [2.45, 2.75) is 73.4 Å². The van der Waals surface area contributed by atoms with Gasteiger partial charge in [-0.05, 0) is 106 Å². The molecule has 1 N–H and O–H groups in total. The zero-order chi connectivity index (χ0) is 42.3. The van der Waals surface area contributed by atoms with Crippen LogP contribution in [0, 0.1) is 5.41 Å². The van der Waals surface area contributed by atoms with E-state index in [4.69, 9.17) is 9.47 Å². The summed E-state index contributed by atoms with van der Waals surface area (Å²) in [7, 11) is 0. The Morgan fingerprint density at radius 2 is 1.40 bits per heavy atom. The van der Waals surface area contributed by atoms with Gasteiger partial charge in [-0.1, -0.05) is 134 Å². The molecule has 4 aromatic rings. The van der Waals surface area contributed by atoms with Crippen LogP contribution in [0.2, 0.25) is 0 Å². The smallest absolute Gasteiger partial charge is 0.161 e. The highest BCUT2D eigenvalue weighted by atomic mass is 16.5. The summed E-state index contributed by atoms with van der Waals surface area (Å²) in [5, 5.41) is 10.5. The predicted octanol–water partition coefficient (Wildman–Crippen LogP) is 12.1. The molecule has 2 aliphatic heterocycles. The number of fused-ring (bicyclic) bond motifs is 1. The average molecular weight is 800 g/mol. The Kier molecular flexibility index (Phi) is 13.0. The van der Waals surface area contributed by atoms with Gasteiger partial charge < -0.3 is 29.3 Å². The third kappa shape index (κ3) is 9.25. The van der Waals surface area contributed by atoms with E-state index in [9.17, 15) is 5.11 Å². The third-order valence-corrected chi connectivity index (χ3v) is 13.0. The number of rotatable bonds is 13. The summed E-state index contributed by atoms with van der Waals surface area (Å²) in [5.41, 5.74) is 12.3. The summed E-state index contributed by atoms with van der Waals surface area (Å²) in [6, 6.07) is 36.6. The van der Waals surface area contributed by atoms with Crippen LogP contribution >= 0.6 is 0 Å². The van der Waals surface area contributed by atoms with Gasteiger partial charge >= 0.3 is 0 Å². The number of hydrogen-bond donors (Lipinski definition) is 1. The lowest BCUT2D eigenvalue weighted by Crippen LogP contribution is -2.32. The molecule has 0 amide bonds. The van der Waals surface area contributed by atoms with E-state index in [2.05, 4.69) is 210 Å². The van der Waals surface area contributed by atoms with Crippen molar-refractivity contribution < 1.29 is 14.6 Å². The van der Waals surface area contributed by atoms with Crippen molar-refractivity contribution in [2.75, 3.05) is 36.5 Å².